The molecule has 4 N–H and O–H groups in total. The molecule has 1 aromatic heterocycles. The van der Waals surface area contributed by atoms with Crippen LogP contribution in [-0.2, 0) is 0 Å². The zero-order valence-corrected chi connectivity index (χ0v) is 11.4. The third-order valence-corrected chi connectivity index (χ3v) is 3.17. The smallest absolute Gasteiger partial charge is 0.175 e. The lowest BCUT2D eigenvalue weighted by Gasteiger charge is -2.11. The summed E-state index contributed by atoms with van der Waals surface area (Å²) in [5, 5.41) is 17.3. The number of phenolic OH excluding ortho intramolecular Hbond substituents is 1. The van der Waals surface area contributed by atoms with Crippen molar-refractivity contribution in [3.05, 3.63) is 54.7 Å². The van der Waals surface area contributed by atoms with Crippen LogP contribution in [-0.4, -0.2) is 15.2 Å². The lowest BCUT2D eigenvalue weighted by Crippen LogP contribution is -2.19. The fraction of sp³-hybridized carbons (Fsp3) is 0. The Morgan fingerprint density at radius 3 is 2.75 bits per heavy atom. The van der Waals surface area contributed by atoms with Gasteiger partial charge in [0.25, 0.3) is 0 Å². The summed E-state index contributed by atoms with van der Waals surface area (Å²) in [7, 11) is 0. The Hall–Kier alpha value is -2.53. The van der Waals surface area contributed by atoms with Gasteiger partial charge in [-0.3, -0.25) is 0 Å². The molecular formula is C15H13N3OS. The van der Waals surface area contributed by atoms with Gasteiger partial charge in [0.15, 0.2) is 5.11 Å². The number of aromatic hydroxyl groups is 1. The molecule has 0 aliphatic rings. The normalized spacial score (nSPS) is 10.4. The van der Waals surface area contributed by atoms with E-state index >= 15 is 0 Å². The zero-order chi connectivity index (χ0) is 13.9. The molecule has 20 heavy (non-hydrogen) atoms. The van der Waals surface area contributed by atoms with E-state index in [9.17, 15) is 5.11 Å². The maximum absolute atomic E-state index is 9.69. The molecule has 5 heteroatoms. The van der Waals surface area contributed by atoms with Crippen molar-refractivity contribution in [1.29, 1.82) is 0 Å². The van der Waals surface area contributed by atoms with Crippen LogP contribution in [0.2, 0.25) is 0 Å². The molecule has 3 rings (SSSR count). The SMILES string of the molecule is Oc1ccccc1NC(=S)Nc1ccc2[nH]ccc2c1. The first-order valence-electron chi connectivity index (χ1n) is 6.15. The molecule has 0 bridgehead atoms. The van der Waals surface area contributed by atoms with Crippen molar-refractivity contribution >= 4 is 39.6 Å². The summed E-state index contributed by atoms with van der Waals surface area (Å²) in [6, 6.07) is 14.9. The summed E-state index contributed by atoms with van der Waals surface area (Å²) in [5.74, 6) is 0.165. The highest BCUT2D eigenvalue weighted by Crippen LogP contribution is 2.22. The average Bonchev–Trinajstić information content (AvgIpc) is 2.89. The first-order chi connectivity index (χ1) is 9.72. The molecule has 0 fully saturated rings. The number of benzene rings is 2. The van der Waals surface area contributed by atoms with E-state index in [0.717, 1.165) is 16.6 Å². The molecule has 0 atom stereocenters. The van der Waals surface area contributed by atoms with Crippen molar-refractivity contribution in [3.8, 4) is 5.75 Å². The third-order valence-electron chi connectivity index (χ3n) is 2.96. The van der Waals surface area contributed by atoms with Gasteiger partial charge >= 0.3 is 0 Å². The summed E-state index contributed by atoms with van der Waals surface area (Å²) in [4.78, 5) is 3.14. The Kier molecular flexibility index (Phi) is 3.26. The fourth-order valence-corrected chi connectivity index (χ4v) is 2.22. The number of aromatic nitrogens is 1. The summed E-state index contributed by atoms with van der Waals surface area (Å²) >= 11 is 5.24. The number of nitrogens with one attached hydrogen (secondary N) is 3. The number of phenols is 1. The van der Waals surface area contributed by atoms with E-state index in [1.165, 1.54) is 0 Å². The largest absolute Gasteiger partial charge is 0.506 e. The molecule has 2 aromatic carbocycles. The van der Waals surface area contributed by atoms with Crippen molar-refractivity contribution < 1.29 is 5.11 Å². The van der Waals surface area contributed by atoms with E-state index in [2.05, 4.69) is 15.6 Å². The first-order valence-corrected chi connectivity index (χ1v) is 6.56. The van der Waals surface area contributed by atoms with Gasteiger partial charge in [-0.05, 0) is 48.6 Å². The predicted octanol–water partition coefficient (Wildman–Crippen LogP) is 3.68. The zero-order valence-electron chi connectivity index (χ0n) is 10.6. The minimum atomic E-state index is 0.165. The molecule has 0 amide bonds. The monoisotopic (exact) mass is 283 g/mol. The molecule has 0 radical (unpaired) electrons. The lowest BCUT2D eigenvalue weighted by atomic mass is 10.2. The highest BCUT2D eigenvalue weighted by atomic mass is 32.1. The standard InChI is InChI=1S/C15H13N3OS/c19-14-4-2-1-3-13(14)18-15(20)17-11-5-6-12-10(9-11)7-8-16-12/h1-9,16,19H,(H2,17,18,20). The number of aromatic amines is 1. The van der Waals surface area contributed by atoms with Gasteiger partial charge in [0.2, 0.25) is 0 Å². The molecule has 3 aromatic rings. The second-order valence-electron chi connectivity index (χ2n) is 4.38. The Labute approximate surface area is 121 Å². The van der Waals surface area contributed by atoms with Crippen molar-refractivity contribution in [2.75, 3.05) is 10.6 Å². The number of hydrogen-bond acceptors (Lipinski definition) is 2. The number of anilines is 2. The molecule has 0 saturated carbocycles. The number of thiocarbonyl (C=S) groups is 1. The van der Waals surface area contributed by atoms with Crippen molar-refractivity contribution in [1.82, 2.24) is 4.98 Å². The maximum atomic E-state index is 9.69. The van der Waals surface area contributed by atoms with E-state index in [1.807, 2.05) is 36.5 Å². The highest BCUT2D eigenvalue weighted by molar-refractivity contribution is 7.80. The van der Waals surface area contributed by atoms with Gasteiger partial charge in [-0.1, -0.05) is 12.1 Å². The minimum absolute atomic E-state index is 0.165. The number of rotatable bonds is 2. The van der Waals surface area contributed by atoms with Gasteiger partial charge in [0.05, 0.1) is 5.69 Å². The van der Waals surface area contributed by atoms with E-state index in [1.54, 1.807) is 18.2 Å². The van der Waals surface area contributed by atoms with Crippen molar-refractivity contribution in [3.63, 3.8) is 0 Å². The second-order valence-corrected chi connectivity index (χ2v) is 4.78. The van der Waals surface area contributed by atoms with Crippen LogP contribution < -0.4 is 10.6 Å². The minimum Gasteiger partial charge on any atom is -0.506 e. The van der Waals surface area contributed by atoms with Crippen LogP contribution in [0, 0.1) is 0 Å². The molecule has 0 aliphatic heterocycles. The fourth-order valence-electron chi connectivity index (χ4n) is 2.00. The van der Waals surface area contributed by atoms with Gasteiger partial charge in [-0.15, -0.1) is 0 Å². The van der Waals surface area contributed by atoms with Crippen molar-refractivity contribution in [2.45, 2.75) is 0 Å². The second kappa shape index (κ2) is 5.22. The van der Waals surface area contributed by atoms with Crippen molar-refractivity contribution in [2.24, 2.45) is 0 Å². The quantitative estimate of drug-likeness (QED) is 0.428. The summed E-state index contributed by atoms with van der Waals surface area (Å²) in [6.45, 7) is 0. The molecule has 0 saturated heterocycles. The molecule has 0 aliphatic carbocycles. The Bertz CT molecular complexity index is 766. The number of H-pyrrole nitrogens is 1. The molecule has 0 unspecified atom stereocenters. The van der Waals surface area contributed by atoms with E-state index in [4.69, 9.17) is 12.2 Å². The number of hydrogen-bond donors (Lipinski definition) is 4. The van der Waals surface area contributed by atoms with Gasteiger partial charge in [-0.2, -0.15) is 0 Å². The molecular weight excluding hydrogens is 270 g/mol. The Morgan fingerprint density at radius 1 is 1.05 bits per heavy atom. The van der Waals surface area contributed by atoms with E-state index < -0.39 is 0 Å². The van der Waals surface area contributed by atoms with Crippen LogP contribution in [0.15, 0.2) is 54.7 Å². The number of para-hydroxylation sites is 2. The third kappa shape index (κ3) is 2.57. The maximum Gasteiger partial charge on any atom is 0.175 e. The van der Waals surface area contributed by atoms with Gasteiger partial charge in [-0.25, -0.2) is 0 Å². The van der Waals surface area contributed by atoms with Crippen LogP contribution in [0.4, 0.5) is 11.4 Å². The predicted molar refractivity (Wildman–Crippen MR) is 86.2 cm³/mol. The van der Waals surface area contributed by atoms with Crippen LogP contribution in [0.3, 0.4) is 0 Å². The van der Waals surface area contributed by atoms with Gasteiger partial charge in [0, 0.05) is 22.8 Å². The topological polar surface area (TPSA) is 60.1 Å². The van der Waals surface area contributed by atoms with E-state index in [0.29, 0.717) is 10.8 Å². The Balaban J connectivity index is 1.74. The number of fused-ring (bicyclic) bond motifs is 1. The highest BCUT2D eigenvalue weighted by Gasteiger charge is 2.03. The summed E-state index contributed by atoms with van der Waals surface area (Å²) in [6.07, 6.45) is 1.90. The summed E-state index contributed by atoms with van der Waals surface area (Å²) in [5.41, 5.74) is 2.55. The van der Waals surface area contributed by atoms with Crippen LogP contribution in [0.5, 0.6) is 5.75 Å². The van der Waals surface area contributed by atoms with Crippen LogP contribution in [0.1, 0.15) is 0 Å². The summed E-state index contributed by atoms with van der Waals surface area (Å²) < 4.78 is 0. The molecule has 0 spiro atoms. The van der Waals surface area contributed by atoms with Gasteiger partial charge in [0.1, 0.15) is 5.75 Å². The lowest BCUT2D eigenvalue weighted by molar-refractivity contribution is 0.478. The first kappa shape index (κ1) is 12.5. The van der Waals surface area contributed by atoms with Crippen LogP contribution in [0.25, 0.3) is 10.9 Å². The molecule has 4 nitrogen and oxygen atoms in total. The Morgan fingerprint density at radius 2 is 1.90 bits per heavy atom. The molecule has 1 heterocycles. The molecule has 100 valence electrons. The average molecular weight is 283 g/mol. The van der Waals surface area contributed by atoms with Crippen LogP contribution >= 0.6 is 12.2 Å². The van der Waals surface area contributed by atoms with E-state index in [-0.39, 0.29) is 5.75 Å². The van der Waals surface area contributed by atoms with Gasteiger partial charge < -0.3 is 20.7 Å².